The van der Waals surface area contributed by atoms with E-state index in [-0.39, 0.29) is 6.10 Å². The molecule has 1 fully saturated rings. The first kappa shape index (κ1) is 14.9. The highest BCUT2D eigenvalue weighted by Crippen LogP contribution is 2.30. The summed E-state index contributed by atoms with van der Waals surface area (Å²) in [5.41, 5.74) is 1.28. The van der Waals surface area contributed by atoms with E-state index >= 15 is 0 Å². The largest absolute Gasteiger partial charge is 0.489 e. The van der Waals surface area contributed by atoms with Gasteiger partial charge in [0.25, 0.3) is 0 Å². The van der Waals surface area contributed by atoms with Crippen LogP contribution in [0.3, 0.4) is 0 Å². The SMILES string of the molecule is CCC(CNC1CC1)Oc1ccc(Br)cc1C(C)C. The minimum atomic E-state index is 0.263. The molecule has 2 rings (SSSR count). The number of hydrogen-bond donors (Lipinski definition) is 1. The van der Waals surface area contributed by atoms with E-state index in [0.717, 1.165) is 29.2 Å². The summed E-state index contributed by atoms with van der Waals surface area (Å²) < 4.78 is 7.32. The summed E-state index contributed by atoms with van der Waals surface area (Å²) in [5.74, 6) is 1.50. The van der Waals surface area contributed by atoms with Crippen LogP contribution < -0.4 is 10.1 Å². The fourth-order valence-corrected chi connectivity index (χ4v) is 2.49. The van der Waals surface area contributed by atoms with Crippen molar-refractivity contribution < 1.29 is 4.74 Å². The normalized spacial score (nSPS) is 16.7. The number of rotatable bonds is 7. The Hall–Kier alpha value is -0.540. The van der Waals surface area contributed by atoms with Gasteiger partial charge in [-0.2, -0.15) is 0 Å². The van der Waals surface area contributed by atoms with Crippen molar-refractivity contribution in [2.45, 2.75) is 58.1 Å². The minimum absolute atomic E-state index is 0.263. The highest BCUT2D eigenvalue weighted by molar-refractivity contribution is 9.10. The van der Waals surface area contributed by atoms with Gasteiger partial charge in [0.1, 0.15) is 11.9 Å². The molecule has 1 N–H and O–H groups in total. The van der Waals surface area contributed by atoms with E-state index in [1.165, 1.54) is 18.4 Å². The van der Waals surface area contributed by atoms with Crippen LogP contribution >= 0.6 is 15.9 Å². The number of benzene rings is 1. The average Bonchev–Trinajstić information content (AvgIpc) is 3.19. The number of nitrogens with one attached hydrogen (secondary N) is 1. The Morgan fingerprint density at radius 1 is 1.37 bits per heavy atom. The van der Waals surface area contributed by atoms with Crippen molar-refractivity contribution in [1.82, 2.24) is 5.32 Å². The smallest absolute Gasteiger partial charge is 0.123 e. The van der Waals surface area contributed by atoms with Crippen LogP contribution in [0.5, 0.6) is 5.75 Å². The van der Waals surface area contributed by atoms with Crippen LogP contribution in [-0.2, 0) is 0 Å². The van der Waals surface area contributed by atoms with Crippen LogP contribution in [0.2, 0.25) is 0 Å². The zero-order valence-electron chi connectivity index (χ0n) is 12.1. The van der Waals surface area contributed by atoms with Gasteiger partial charge in [0.05, 0.1) is 0 Å². The fourth-order valence-electron chi connectivity index (χ4n) is 2.11. The molecule has 0 amide bonds. The lowest BCUT2D eigenvalue weighted by atomic mass is 10.0. The Morgan fingerprint density at radius 2 is 2.11 bits per heavy atom. The van der Waals surface area contributed by atoms with Gasteiger partial charge in [0, 0.05) is 17.1 Å². The van der Waals surface area contributed by atoms with Crippen LogP contribution in [0.25, 0.3) is 0 Å². The van der Waals surface area contributed by atoms with Gasteiger partial charge >= 0.3 is 0 Å². The van der Waals surface area contributed by atoms with E-state index in [2.05, 4.69) is 60.2 Å². The molecule has 106 valence electrons. The number of halogens is 1. The second-order valence-electron chi connectivity index (χ2n) is 5.67. The maximum Gasteiger partial charge on any atom is 0.123 e. The topological polar surface area (TPSA) is 21.3 Å². The van der Waals surface area contributed by atoms with E-state index in [4.69, 9.17) is 4.74 Å². The highest BCUT2D eigenvalue weighted by Gasteiger charge is 2.22. The molecule has 1 aromatic carbocycles. The van der Waals surface area contributed by atoms with E-state index in [1.807, 2.05) is 0 Å². The third-order valence-electron chi connectivity index (χ3n) is 3.55. The molecule has 1 aliphatic rings. The molecule has 0 radical (unpaired) electrons. The minimum Gasteiger partial charge on any atom is -0.489 e. The molecule has 1 aliphatic carbocycles. The predicted molar refractivity (Wildman–Crippen MR) is 84.0 cm³/mol. The van der Waals surface area contributed by atoms with Crippen LogP contribution in [0.15, 0.2) is 22.7 Å². The maximum absolute atomic E-state index is 6.21. The Labute approximate surface area is 125 Å². The van der Waals surface area contributed by atoms with Crippen LogP contribution in [0, 0.1) is 0 Å². The number of hydrogen-bond acceptors (Lipinski definition) is 2. The maximum atomic E-state index is 6.21. The molecule has 1 saturated carbocycles. The Bertz CT molecular complexity index is 415. The fraction of sp³-hybridized carbons (Fsp3) is 0.625. The molecule has 0 saturated heterocycles. The first-order valence-corrected chi connectivity index (χ1v) is 8.09. The molecule has 0 aromatic heterocycles. The average molecular weight is 326 g/mol. The molecule has 3 heteroatoms. The van der Waals surface area contributed by atoms with E-state index in [1.54, 1.807) is 0 Å². The van der Waals surface area contributed by atoms with Gasteiger partial charge in [0.2, 0.25) is 0 Å². The van der Waals surface area contributed by atoms with Gasteiger partial charge < -0.3 is 10.1 Å². The lowest BCUT2D eigenvalue weighted by Crippen LogP contribution is -2.32. The van der Waals surface area contributed by atoms with Crippen molar-refractivity contribution in [2.75, 3.05) is 6.54 Å². The summed E-state index contributed by atoms with van der Waals surface area (Å²) in [6, 6.07) is 7.05. The molecule has 0 aliphatic heterocycles. The van der Waals surface area contributed by atoms with Crippen LogP contribution in [-0.4, -0.2) is 18.7 Å². The van der Waals surface area contributed by atoms with Gasteiger partial charge in [-0.15, -0.1) is 0 Å². The zero-order chi connectivity index (χ0) is 13.8. The van der Waals surface area contributed by atoms with Crippen molar-refractivity contribution in [1.29, 1.82) is 0 Å². The van der Waals surface area contributed by atoms with Gasteiger partial charge in [-0.3, -0.25) is 0 Å². The Balaban J connectivity index is 2.02. The summed E-state index contributed by atoms with van der Waals surface area (Å²) >= 11 is 3.54. The standard InChI is InChI=1S/C16H24BrNO/c1-4-14(10-18-13-6-7-13)19-16-8-5-12(17)9-15(16)11(2)3/h5,8-9,11,13-14,18H,4,6-7,10H2,1-3H3. The first-order valence-electron chi connectivity index (χ1n) is 7.29. The first-order chi connectivity index (χ1) is 9.10. The zero-order valence-corrected chi connectivity index (χ0v) is 13.7. The van der Waals surface area contributed by atoms with Gasteiger partial charge in [-0.05, 0) is 48.9 Å². The Kier molecular flexibility index (Phi) is 5.28. The van der Waals surface area contributed by atoms with Crippen molar-refractivity contribution in [3.63, 3.8) is 0 Å². The summed E-state index contributed by atoms with van der Waals surface area (Å²) in [7, 11) is 0. The predicted octanol–water partition coefficient (Wildman–Crippen LogP) is 4.48. The lowest BCUT2D eigenvalue weighted by molar-refractivity contribution is 0.190. The molecule has 1 aromatic rings. The van der Waals surface area contributed by atoms with E-state index in [9.17, 15) is 0 Å². The molecule has 0 bridgehead atoms. The summed E-state index contributed by atoms with van der Waals surface area (Å²) in [5, 5.41) is 3.55. The van der Waals surface area contributed by atoms with Crippen LogP contribution in [0.1, 0.15) is 51.5 Å². The molecule has 19 heavy (non-hydrogen) atoms. The summed E-state index contributed by atoms with van der Waals surface area (Å²) in [6.07, 6.45) is 3.95. The third kappa shape index (κ3) is 4.50. The second kappa shape index (κ2) is 6.76. The van der Waals surface area contributed by atoms with Gasteiger partial charge in [-0.1, -0.05) is 36.7 Å². The van der Waals surface area contributed by atoms with Crippen molar-refractivity contribution >= 4 is 15.9 Å². The van der Waals surface area contributed by atoms with E-state index in [0.29, 0.717) is 5.92 Å². The molecular weight excluding hydrogens is 302 g/mol. The highest BCUT2D eigenvalue weighted by atomic mass is 79.9. The Morgan fingerprint density at radius 3 is 2.68 bits per heavy atom. The molecular formula is C16H24BrNO. The van der Waals surface area contributed by atoms with E-state index < -0.39 is 0 Å². The molecule has 0 spiro atoms. The molecule has 1 unspecified atom stereocenters. The van der Waals surface area contributed by atoms with Crippen molar-refractivity contribution in [2.24, 2.45) is 0 Å². The van der Waals surface area contributed by atoms with Crippen LogP contribution in [0.4, 0.5) is 0 Å². The molecule has 1 atom stereocenters. The van der Waals surface area contributed by atoms with Gasteiger partial charge in [0.15, 0.2) is 0 Å². The summed E-state index contributed by atoms with van der Waals surface area (Å²) in [6.45, 7) is 7.55. The lowest BCUT2D eigenvalue weighted by Gasteiger charge is -2.21. The summed E-state index contributed by atoms with van der Waals surface area (Å²) in [4.78, 5) is 0. The number of ether oxygens (including phenoxy) is 1. The monoisotopic (exact) mass is 325 g/mol. The molecule has 0 heterocycles. The van der Waals surface area contributed by atoms with Gasteiger partial charge in [-0.25, -0.2) is 0 Å². The quantitative estimate of drug-likeness (QED) is 0.797. The third-order valence-corrected chi connectivity index (χ3v) is 4.05. The van der Waals surface area contributed by atoms with Crippen molar-refractivity contribution in [3.8, 4) is 5.75 Å². The van der Waals surface area contributed by atoms with Crippen molar-refractivity contribution in [3.05, 3.63) is 28.2 Å². The molecule has 2 nitrogen and oxygen atoms in total. The second-order valence-corrected chi connectivity index (χ2v) is 6.58.